The van der Waals surface area contributed by atoms with Gasteiger partial charge in [0, 0.05) is 17.9 Å². The number of nitro groups is 1. The number of likely N-dealkylation sites (tertiary alicyclic amines) is 1. The van der Waals surface area contributed by atoms with Crippen molar-refractivity contribution >= 4 is 29.1 Å². The summed E-state index contributed by atoms with van der Waals surface area (Å²) in [6.07, 6.45) is 4.54. The molecule has 4 nitrogen and oxygen atoms in total. The van der Waals surface area contributed by atoms with Crippen molar-refractivity contribution in [2.24, 2.45) is 0 Å². The summed E-state index contributed by atoms with van der Waals surface area (Å²) in [7, 11) is 0. The van der Waals surface area contributed by atoms with Gasteiger partial charge in [0.05, 0.1) is 4.92 Å². The number of thioether (sulfide) groups is 1. The third-order valence-electron chi connectivity index (χ3n) is 3.48. The number of nitro benzene ring substituents is 1. The maximum Gasteiger partial charge on any atom is 0.288 e. The molecule has 6 heteroatoms. The van der Waals surface area contributed by atoms with Crippen LogP contribution in [0.5, 0.6) is 0 Å². The van der Waals surface area contributed by atoms with Crippen LogP contribution in [-0.4, -0.2) is 34.4 Å². The van der Waals surface area contributed by atoms with Crippen LogP contribution in [0.2, 0.25) is 5.02 Å². The first-order valence-electron chi connectivity index (χ1n) is 6.28. The van der Waals surface area contributed by atoms with Crippen molar-refractivity contribution in [2.75, 3.05) is 19.3 Å². The Morgan fingerprint density at radius 1 is 1.47 bits per heavy atom. The van der Waals surface area contributed by atoms with E-state index in [9.17, 15) is 10.1 Å². The van der Waals surface area contributed by atoms with Gasteiger partial charge in [-0.05, 0) is 43.8 Å². The summed E-state index contributed by atoms with van der Waals surface area (Å²) in [6.45, 7) is 2.88. The smallest absolute Gasteiger partial charge is 0.288 e. The molecule has 19 heavy (non-hydrogen) atoms. The number of nitrogens with zero attached hydrogens (tertiary/aromatic N) is 2. The molecule has 1 aromatic carbocycles. The maximum atomic E-state index is 10.9. The Bertz CT molecular complexity index is 462. The van der Waals surface area contributed by atoms with Gasteiger partial charge in [0.2, 0.25) is 0 Å². The normalized spacial score (nSPS) is 17.6. The van der Waals surface area contributed by atoms with Crippen LogP contribution in [0, 0.1) is 10.1 Å². The average Bonchev–Trinajstić information content (AvgIpc) is 2.41. The summed E-state index contributed by atoms with van der Waals surface area (Å²) in [5, 5.41) is 11.8. The summed E-state index contributed by atoms with van der Waals surface area (Å²) in [6, 6.07) is 5.07. The molecule has 0 unspecified atom stereocenters. The highest BCUT2D eigenvalue weighted by atomic mass is 35.5. The number of piperidine rings is 1. The predicted octanol–water partition coefficient (Wildman–Crippen LogP) is 3.58. The summed E-state index contributed by atoms with van der Waals surface area (Å²) in [4.78, 5) is 12.8. The molecular weight excluding hydrogens is 284 g/mol. The van der Waals surface area contributed by atoms with Crippen molar-refractivity contribution in [3.8, 4) is 0 Å². The molecule has 0 amide bonds. The standard InChI is InChI=1S/C13H17ClN2O2S/c1-19-11-4-6-15(7-5-11)9-10-2-3-12(14)13(8-10)16(17)18/h2-3,8,11H,4-7,9H2,1H3. The quantitative estimate of drug-likeness (QED) is 0.630. The average molecular weight is 301 g/mol. The van der Waals surface area contributed by atoms with E-state index in [0.717, 1.165) is 30.4 Å². The van der Waals surface area contributed by atoms with Crippen molar-refractivity contribution in [1.29, 1.82) is 0 Å². The molecule has 1 aliphatic heterocycles. The highest BCUT2D eigenvalue weighted by molar-refractivity contribution is 7.99. The van der Waals surface area contributed by atoms with Crippen molar-refractivity contribution in [3.05, 3.63) is 38.9 Å². The van der Waals surface area contributed by atoms with Gasteiger partial charge in [0.15, 0.2) is 0 Å². The summed E-state index contributed by atoms with van der Waals surface area (Å²) in [5.74, 6) is 0. The second kappa shape index (κ2) is 6.59. The fourth-order valence-corrected chi connectivity index (χ4v) is 3.23. The van der Waals surface area contributed by atoms with E-state index in [2.05, 4.69) is 11.2 Å². The van der Waals surface area contributed by atoms with Gasteiger partial charge < -0.3 is 0 Å². The molecule has 1 aromatic rings. The summed E-state index contributed by atoms with van der Waals surface area (Å²) in [5.41, 5.74) is 0.955. The molecule has 2 rings (SSSR count). The lowest BCUT2D eigenvalue weighted by Crippen LogP contribution is -2.34. The predicted molar refractivity (Wildman–Crippen MR) is 79.9 cm³/mol. The number of benzene rings is 1. The lowest BCUT2D eigenvalue weighted by atomic mass is 10.1. The molecule has 0 radical (unpaired) electrons. The highest BCUT2D eigenvalue weighted by Gasteiger charge is 2.19. The van der Waals surface area contributed by atoms with Crippen LogP contribution in [0.4, 0.5) is 5.69 Å². The van der Waals surface area contributed by atoms with Gasteiger partial charge in [-0.3, -0.25) is 15.0 Å². The van der Waals surface area contributed by atoms with Gasteiger partial charge in [-0.25, -0.2) is 0 Å². The van der Waals surface area contributed by atoms with Crippen LogP contribution < -0.4 is 0 Å². The van der Waals surface area contributed by atoms with E-state index in [1.807, 2.05) is 17.8 Å². The zero-order chi connectivity index (χ0) is 13.8. The zero-order valence-corrected chi connectivity index (χ0v) is 12.4. The number of rotatable bonds is 4. The van der Waals surface area contributed by atoms with E-state index >= 15 is 0 Å². The van der Waals surface area contributed by atoms with Gasteiger partial charge in [-0.2, -0.15) is 11.8 Å². The largest absolute Gasteiger partial charge is 0.299 e. The SMILES string of the molecule is CSC1CCN(Cc2ccc(Cl)c([N+](=O)[O-])c2)CC1. The van der Waals surface area contributed by atoms with Gasteiger partial charge >= 0.3 is 0 Å². The number of hydrogen-bond donors (Lipinski definition) is 0. The molecule has 1 saturated heterocycles. The minimum Gasteiger partial charge on any atom is -0.299 e. The molecule has 0 saturated carbocycles. The number of halogens is 1. The lowest BCUT2D eigenvalue weighted by Gasteiger charge is -2.31. The molecule has 0 atom stereocenters. The van der Waals surface area contributed by atoms with Crippen molar-refractivity contribution in [2.45, 2.75) is 24.6 Å². The van der Waals surface area contributed by atoms with Crippen LogP contribution in [-0.2, 0) is 6.54 Å². The maximum absolute atomic E-state index is 10.9. The first kappa shape index (κ1) is 14.6. The molecule has 0 aliphatic carbocycles. The van der Waals surface area contributed by atoms with Gasteiger partial charge in [-0.15, -0.1) is 0 Å². The Balaban J connectivity index is 2.00. The van der Waals surface area contributed by atoms with E-state index < -0.39 is 4.92 Å². The van der Waals surface area contributed by atoms with Gasteiger partial charge in [-0.1, -0.05) is 17.7 Å². The first-order chi connectivity index (χ1) is 9.10. The van der Waals surface area contributed by atoms with Crippen molar-refractivity contribution < 1.29 is 4.92 Å². The number of hydrogen-bond acceptors (Lipinski definition) is 4. The molecule has 1 heterocycles. The second-order valence-corrected chi connectivity index (χ2v) is 6.30. The van der Waals surface area contributed by atoms with E-state index in [1.54, 1.807) is 12.1 Å². The monoisotopic (exact) mass is 300 g/mol. The van der Waals surface area contributed by atoms with Crippen LogP contribution in [0.15, 0.2) is 18.2 Å². The highest BCUT2D eigenvalue weighted by Crippen LogP contribution is 2.27. The molecular formula is C13H17ClN2O2S. The Labute approximate surface area is 122 Å². The van der Waals surface area contributed by atoms with Crippen LogP contribution in [0.1, 0.15) is 18.4 Å². The second-order valence-electron chi connectivity index (χ2n) is 4.75. The Hall–Kier alpha value is -0.780. The first-order valence-corrected chi connectivity index (χ1v) is 7.94. The van der Waals surface area contributed by atoms with Crippen molar-refractivity contribution in [3.63, 3.8) is 0 Å². The lowest BCUT2D eigenvalue weighted by molar-refractivity contribution is -0.384. The Morgan fingerprint density at radius 2 is 2.16 bits per heavy atom. The van der Waals surface area contributed by atoms with Crippen molar-refractivity contribution in [1.82, 2.24) is 4.90 Å². The van der Waals surface area contributed by atoms with Gasteiger partial charge in [0.25, 0.3) is 5.69 Å². The molecule has 1 aliphatic rings. The van der Waals surface area contributed by atoms with Crippen LogP contribution in [0.3, 0.4) is 0 Å². The molecule has 104 valence electrons. The van der Waals surface area contributed by atoms with E-state index in [4.69, 9.17) is 11.6 Å². The minimum atomic E-state index is -0.425. The van der Waals surface area contributed by atoms with E-state index in [0.29, 0.717) is 0 Å². The van der Waals surface area contributed by atoms with E-state index in [1.165, 1.54) is 12.8 Å². The molecule has 0 bridgehead atoms. The Kier molecular flexibility index (Phi) is 5.07. The third-order valence-corrected chi connectivity index (χ3v) is 4.94. The fourth-order valence-electron chi connectivity index (χ4n) is 2.36. The molecule has 1 fully saturated rings. The third kappa shape index (κ3) is 3.84. The van der Waals surface area contributed by atoms with Crippen LogP contribution >= 0.6 is 23.4 Å². The summed E-state index contributed by atoms with van der Waals surface area (Å²) < 4.78 is 0. The molecule has 0 N–H and O–H groups in total. The Morgan fingerprint density at radius 3 is 2.74 bits per heavy atom. The van der Waals surface area contributed by atoms with E-state index in [-0.39, 0.29) is 10.7 Å². The molecule has 0 aromatic heterocycles. The zero-order valence-electron chi connectivity index (χ0n) is 10.8. The van der Waals surface area contributed by atoms with Gasteiger partial charge in [0.1, 0.15) is 5.02 Å². The van der Waals surface area contributed by atoms with Crippen LogP contribution in [0.25, 0.3) is 0 Å². The molecule has 0 spiro atoms. The minimum absolute atomic E-state index is 0.00170. The topological polar surface area (TPSA) is 46.4 Å². The summed E-state index contributed by atoms with van der Waals surface area (Å²) >= 11 is 7.74. The fraction of sp³-hybridized carbons (Fsp3) is 0.538.